The molecule has 1 aliphatic heterocycles. The van der Waals surface area contributed by atoms with Gasteiger partial charge in [-0.2, -0.15) is 5.09 Å². The third-order valence-corrected chi connectivity index (χ3v) is 8.28. The van der Waals surface area contributed by atoms with Gasteiger partial charge in [-0.05, 0) is 63.1 Å². The Kier molecular flexibility index (Phi) is 9.90. The first kappa shape index (κ1) is 32.5. The van der Waals surface area contributed by atoms with Crippen molar-refractivity contribution >= 4 is 25.3 Å². The van der Waals surface area contributed by atoms with Crippen LogP contribution in [-0.2, 0) is 23.4 Å². The molecule has 6 atom stereocenters. The van der Waals surface area contributed by atoms with Crippen LogP contribution in [0.4, 0.5) is 4.39 Å². The summed E-state index contributed by atoms with van der Waals surface area (Å²) in [5, 5.41) is 13.5. The number of aromatic amines is 1. The summed E-state index contributed by atoms with van der Waals surface area (Å²) < 4.78 is 52.3. The van der Waals surface area contributed by atoms with Gasteiger partial charge in [-0.25, -0.2) is 18.7 Å². The standard InChI is InChI=1S/C27H31ClFN4O9P/c1-15(2)40-24(36)16(3)32-43(38,42-19-7-5-17(6-8-19)18-9-11-30-21(28)13-18)39-14-20-23(35)27(4,29)25(41-20)33-12-10-22(34)31-26(33)37/h5-13,15-16,20,23,25,35H,14H2,1-4H3,(H,32,38)(H,31,34,37)/t16-,20+,23+,25+,27+,43?/m0/s1. The topological polar surface area (TPSA) is 171 Å². The summed E-state index contributed by atoms with van der Waals surface area (Å²) in [6, 6.07) is 9.61. The summed E-state index contributed by atoms with van der Waals surface area (Å²) >= 11 is 5.98. The number of carbonyl (C=O) groups is 1. The van der Waals surface area contributed by atoms with Crippen LogP contribution < -0.4 is 20.9 Å². The van der Waals surface area contributed by atoms with Gasteiger partial charge in [0.25, 0.3) is 5.56 Å². The van der Waals surface area contributed by atoms with E-state index in [1.807, 2.05) is 4.98 Å². The second-order valence-corrected chi connectivity index (χ2v) is 12.3. The summed E-state index contributed by atoms with van der Waals surface area (Å²) in [7, 11) is -4.43. The Labute approximate surface area is 250 Å². The van der Waals surface area contributed by atoms with Gasteiger partial charge in [0.05, 0.1) is 12.7 Å². The number of hydrogen-bond donors (Lipinski definition) is 3. The Balaban J connectivity index is 1.55. The molecule has 0 spiro atoms. The zero-order valence-electron chi connectivity index (χ0n) is 23.6. The molecule has 0 saturated carbocycles. The lowest BCUT2D eigenvalue weighted by molar-refractivity contribution is -0.149. The molecule has 13 nitrogen and oxygen atoms in total. The van der Waals surface area contributed by atoms with E-state index in [1.54, 1.807) is 44.3 Å². The first-order valence-corrected chi connectivity index (χ1v) is 15.1. The van der Waals surface area contributed by atoms with E-state index in [0.717, 1.165) is 34.9 Å². The number of halogens is 2. The summed E-state index contributed by atoms with van der Waals surface area (Å²) in [4.78, 5) is 42.1. The number of pyridine rings is 1. The molecule has 1 unspecified atom stereocenters. The largest absolute Gasteiger partial charge is 0.462 e. The van der Waals surface area contributed by atoms with E-state index in [0.29, 0.717) is 5.15 Å². The van der Waals surface area contributed by atoms with Crippen molar-refractivity contribution in [1.82, 2.24) is 19.6 Å². The van der Waals surface area contributed by atoms with Gasteiger partial charge in [-0.1, -0.05) is 23.7 Å². The van der Waals surface area contributed by atoms with E-state index in [9.17, 15) is 24.1 Å². The first-order valence-electron chi connectivity index (χ1n) is 13.2. The number of nitrogens with zero attached hydrogens (tertiary/aromatic N) is 2. The van der Waals surface area contributed by atoms with Crippen LogP contribution >= 0.6 is 19.3 Å². The van der Waals surface area contributed by atoms with Crippen LogP contribution in [-0.4, -0.2) is 62.2 Å². The van der Waals surface area contributed by atoms with Gasteiger partial charge in [-0.3, -0.25) is 23.7 Å². The fourth-order valence-corrected chi connectivity index (χ4v) is 5.95. The van der Waals surface area contributed by atoms with Crippen molar-refractivity contribution in [3.8, 4) is 16.9 Å². The maximum atomic E-state index is 15.6. The minimum atomic E-state index is -4.43. The van der Waals surface area contributed by atoms with Crippen LogP contribution in [0.3, 0.4) is 0 Å². The van der Waals surface area contributed by atoms with Gasteiger partial charge < -0.3 is 19.1 Å². The van der Waals surface area contributed by atoms with Gasteiger partial charge >= 0.3 is 19.4 Å². The maximum Gasteiger partial charge on any atom is 0.459 e. The number of hydrogen-bond acceptors (Lipinski definition) is 10. The number of nitrogens with one attached hydrogen (secondary N) is 2. The van der Waals surface area contributed by atoms with Crippen LogP contribution in [0.5, 0.6) is 5.75 Å². The van der Waals surface area contributed by atoms with Gasteiger partial charge in [0, 0.05) is 18.5 Å². The Bertz CT molecular complexity index is 1610. The highest BCUT2D eigenvalue weighted by molar-refractivity contribution is 7.52. The van der Waals surface area contributed by atoms with Crippen molar-refractivity contribution < 1.29 is 37.4 Å². The Morgan fingerprint density at radius 3 is 2.56 bits per heavy atom. The fraction of sp³-hybridized carbons (Fsp3) is 0.407. The lowest BCUT2D eigenvalue weighted by Crippen LogP contribution is -2.43. The third-order valence-electron chi connectivity index (χ3n) is 6.43. The molecule has 16 heteroatoms. The van der Waals surface area contributed by atoms with Crippen molar-refractivity contribution in [2.24, 2.45) is 0 Å². The molecule has 232 valence electrons. The Hall–Kier alpha value is -3.39. The van der Waals surface area contributed by atoms with E-state index in [2.05, 4.69) is 10.1 Å². The number of benzene rings is 1. The summed E-state index contributed by atoms with van der Waals surface area (Å²) in [5.74, 6) is -0.650. The average Bonchev–Trinajstić information content (AvgIpc) is 3.15. The predicted octanol–water partition coefficient (Wildman–Crippen LogP) is 3.37. The second-order valence-electron chi connectivity index (χ2n) is 10.3. The number of aliphatic hydroxyl groups excluding tert-OH is 1. The fourth-order valence-electron chi connectivity index (χ4n) is 4.28. The molecule has 0 bridgehead atoms. The Morgan fingerprint density at radius 2 is 1.93 bits per heavy atom. The molecule has 1 saturated heterocycles. The number of rotatable bonds is 11. The van der Waals surface area contributed by atoms with Gasteiger partial charge in [0.1, 0.15) is 29.2 Å². The highest BCUT2D eigenvalue weighted by Gasteiger charge is 2.56. The lowest BCUT2D eigenvalue weighted by atomic mass is 9.98. The molecule has 0 aliphatic carbocycles. The van der Waals surface area contributed by atoms with Gasteiger partial charge in [0.2, 0.25) is 0 Å². The molecular weight excluding hydrogens is 610 g/mol. The number of aromatic nitrogens is 3. The number of ether oxygens (including phenoxy) is 2. The molecule has 0 amide bonds. The van der Waals surface area contributed by atoms with E-state index in [4.69, 9.17) is 30.1 Å². The van der Waals surface area contributed by atoms with Gasteiger partial charge in [0.15, 0.2) is 11.9 Å². The predicted molar refractivity (Wildman–Crippen MR) is 153 cm³/mol. The molecular formula is C27H31ClFN4O9P. The number of H-pyrrole nitrogens is 1. The number of esters is 1. The zero-order chi connectivity index (χ0) is 31.5. The second kappa shape index (κ2) is 13.1. The zero-order valence-corrected chi connectivity index (χ0v) is 25.3. The van der Waals surface area contributed by atoms with Crippen molar-refractivity contribution in [3.05, 3.63) is 80.8 Å². The van der Waals surface area contributed by atoms with Crippen molar-refractivity contribution in [2.75, 3.05) is 6.61 Å². The quantitative estimate of drug-likeness (QED) is 0.159. The maximum absolute atomic E-state index is 15.6. The van der Waals surface area contributed by atoms with E-state index >= 15 is 4.39 Å². The first-order chi connectivity index (χ1) is 20.2. The number of carbonyl (C=O) groups excluding carboxylic acids is 1. The SMILES string of the molecule is CC(C)OC(=O)[C@H](C)NP(=O)(OC[C@H]1O[C@@H](n2ccc(=O)[nH]c2=O)[C@](C)(F)[C@@H]1O)Oc1ccc(-c2ccnc(Cl)c2)cc1. The molecule has 2 aromatic heterocycles. The van der Waals surface area contributed by atoms with Gasteiger partial charge in [-0.15, -0.1) is 0 Å². The van der Waals surface area contributed by atoms with Crippen LogP contribution in [0.25, 0.3) is 11.1 Å². The highest BCUT2D eigenvalue weighted by atomic mass is 35.5. The van der Waals surface area contributed by atoms with E-state index in [-0.39, 0.29) is 5.75 Å². The average molecular weight is 641 g/mol. The monoisotopic (exact) mass is 640 g/mol. The molecule has 3 N–H and O–H groups in total. The number of alkyl halides is 1. The van der Waals surface area contributed by atoms with Crippen molar-refractivity contribution in [3.63, 3.8) is 0 Å². The molecule has 4 rings (SSSR count). The molecule has 3 aromatic rings. The van der Waals surface area contributed by atoms with E-state index < -0.39 is 67.8 Å². The third kappa shape index (κ3) is 7.77. The Morgan fingerprint density at radius 1 is 1.23 bits per heavy atom. The molecule has 43 heavy (non-hydrogen) atoms. The minimum Gasteiger partial charge on any atom is -0.462 e. The van der Waals surface area contributed by atoms with Crippen LogP contribution in [0.1, 0.15) is 33.9 Å². The van der Waals surface area contributed by atoms with Crippen LogP contribution in [0.15, 0.2) is 64.4 Å². The number of aliphatic hydroxyl groups is 1. The lowest BCUT2D eigenvalue weighted by Gasteiger charge is -2.25. The summed E-state index contributed by atoms with van der Waals surface area (Å²) in [6.45, 7) is 5.00. The molecule has 0 radical (unpaired) electrons. The van der Waals surface area contributed by atoms with Crippen molar-refractivity contribution in [1.29, 1.82) is 0 Å². The molecule has 1 fully saturated rings. The minimum absolute atomic E-state index is 0.0880. The summed E-state index contributed by atoms with van der Waals surface area (Å²) in [5.41, 5.74) is -2.66. The van der Waals surface area contributed by atoms with E-state index in [1.165, 1.54) is 19.1 Å². The normalized spacial score (nSPS) is 24.0. The molecule has 1 aromatic carbocycles. The summed E-state index contributed by atoms with van der Waals surface area (Å²) in [6.07, 6.45) is -2.81. The van der Waals surface area contributed by atoms with Crippen LogP contribution in [0, 0.1) is 0 Å². The van der Waals surface area contributed by atoms with Crippen molar-refractivity contribution in [2.45, 2.75) is 63.9 Å². The molecule has 3 heterocycles. The smallest absolute Gasteiger partial charge is 0.459 e. The molecule has 1 aliphatic rings. The highest BCUT2D eigenvalue weighted by Crippen LogP contribution is 2.47. The van der Waals surface area contributed by atoms with Crippen LogP contribution in [0.2, 0.25) is 5.15 Å².